The van der Waals surface area contributed by atoms with Crippen LogP contribution in [0.15, 0.2) is 220 Å². The SMILES string of the molecule is c1ccc(-n2c3ccccc3c3cccc(S(c4ccccc4)(c4ccccc4)c4cccc(-c5ccc6c(c5)sc5ccccc56)c4)c32)cc1. The molecule has 0 N–H and O–H groups in total. The fourth-order valence-electron chi connectivity index (χ4n) is 7.89. The van der Waals surface area contributed by atoms with E-state index >= 15 is 0 Å². The Kier molecular flexibility index (Phi) is 7.16. The molecule has 0 radical (unpaired) electrons. The van der Waals surface area contributed by atoms with Crippen LogP contribution in [0.5, 0.6) is 0 Å². The molecule has 0 saturated heterocycles. The van der Waals surface area contributed by atoms with Crippen molar-refractivity contribution in [3.05, 3.63) is 200 Å². The number of hydrogen-bond donors (Lipinski definition) is 0. The van der Waals surface area contributed by atoms with Crippen LogP contribution in [-0.4, -0.2) is 4.57 Å². The molecule has 0 spiro atoms. The van der Waals surface area contributed by atoms with Crippen LogP contribution in [0, 0.1) is 0 Å². The molecule has 0 fully saturated rings. The van der Waals surface area contributed by atoms with Gasteiger partial charge in [-0.15, -0.1) is 21.4 Å². The van der Waals surface area contributed by atoms with Gasteiger partial charge in [0.05, 0.1) is 11.0 Å². The maximum atomic E-state index is 2.49. The molecule has 242 valence electrons. The van der Waals surface area contributed by atoms with Crippen molar-refractivity contribution in [2.75, 3.05) is 0 Å². The first-order valence-electron chi connectivity index (χ1n) is 17.3. The van der Waals surface area contributed by atoms with Crippen molar-refractivity contribution in [1.82, 2.24) is 4.57 Å². The molecule has 8 aromatic carbocycles. The third-order valence-corrected chi connectivity index (χ3v) is 15.1. The smallest absolute Gasteiger partial charge is 0.0671 e. The van der Waals surface area contributed by atoms with Crippen LogP contribution < -0.4 is 0 Å². The molecule has 10 aromatic rings. The Morgan fingerprint density at radius 1 is 0.373 bits per heavy atom. The zero-order valence-corrected chi connectivity index (χ0v) is 29.4. The maximum Gasteiger partial charge on any atom is 0.0671 e. The van der Waals surface area contributed by atoms with Crippen molar-refractivity contribution in [2.45, 2.75) is 19.6 Å². The molecule has 10 rings (SSSR count). The lowest BCUT2D eigenvalue weighted by molar-refractivity contribution is 1.14. The van der Waals surface area contributed by atoms with Gasteiger partial charge in [-0.05, 0) is 83.9 Å². The van der Waals surface area contributed by atoms with E-state index in [-0.39, 0.29) is 0 Å². The predicted octanol–water partition coefficient (Wildman–Crippen LogP) is 14.2. The van der Waals surface area contributed by atoms with Crippen molar-refractivity contribution in [3.63, 3.8) is 0 Å². The fraction of sp³-hybridized carbons (Fsp3) is 0. The quantitative estimate of drug-likeness (QED) is 0.164. The first-order chi connectivity index (χ1) is 25.3. The first kappa shape index (κ1) is 30.0. The summed E-state index contributed by atoms with van der Waals surface area (Å²) in [5.41, 5.74) is 6.10. The van der Waals surface area contributed by atoms with Crippen LogP contribution in [-0.2, 0) is 0 Å². The molecule has 0 amide bonds. The Morgan fingerprint density at radius 2 is 0.941 bits per heavy atom. The number of hydrogen-bond acceptors (Lipinski definition) is 1. The van der Waals surface area contributed by atoms with E-state index in [1.807, 2.05) is 11.3 Å². The second kappa shape index (κ2) is 12.2. The third-order valence-electron chi connectivity index (χ3n) is 10.1. The lowest BCUT2D eigenvalue weighted by Gasteiger charge is -2.42. The molecule has 51 heavy (non-hydrogen) atoms. The molecule has 0 bridgehead atoms. The van der Waals surface area contributed by atoms with Gasteiger partial charge in [0.2, 0.25) is 0 Å². The topological polar surface area (TPSA) is 4.93 Å². The number of thiophene rings is 1. The van der Waals surface area contributed by atoms with Gasteiger partial charge in [0.25, 0.3) is 0 Å². The third kappa shape index (κ3) is 4.70. The van der Waals surface area contributed by atoms with E-state index in [1.165, 1.54) is 72.7 Å². The minimum atomic E-state index is -2.03. The van der Waals surface area contributed by atoms with Gasteiger partial charge >= 0.3 is 0 Å². The van der Waals surface area contributed by atoms with Gasteiger partial charge in [-0.1, -0.05) is 127 Å². The molecule has 0 aliphatic heterocycles. The molecule has 0 aliphatic rings. The van der Waals surface area contributed by atoms with Gasteiger partial charge in [-0.25, -0.2) is 0 Å². The van der Waals surface area contributed by atoms with E-state index in [2.05, 4.69) is 205 Å². The molecule has 1 nitrogen and oxygen atoms in total. The van der Waals surface area contributed by atoms with Crippen LogP contribution in [0.1, 0.15) is 0 Å². The molecule has 0 atom stereocenters. The lowest BCUT2D eigenvalue weighted by atomic mass is 10.0. The zero-order valence-electron chi connectivity index (χ0n) is 27.8. The number of para-hydroxylation sites is 3. The summed E-state index contributed by atoms with van der Waals surface area (Å²) in [6, 6.07) is 74.2. The van der Waals surface area contributed by atoms with Crippen molar-refractivity contribution in [1.29, 1.82) is 0 Å². The van der Waals surface area contributed by atoms with E-state index in [0.717, 1.165) is 5.69 Å². The molecule has 0 aliphatic carbocycles. The number of benzene rings is 8. The van der Waals surface area contributed by atoms with E-state index in [0.29, 0.717) is 0 Å². The summed E-state index contributed by atoms with van der Waals surface area (Å²) >= 11 is 1.88. The largest absolute Gasteiger partial charge is 0.308 e. The minimum absolute atomic E-state index is 1.16. The average Bonchev–Trinajstić information content (AvgIpc) is 3.75. The molecule has 2 heterocycles. The van der Waals surface area contributed by atoms with Crippen molar-refractivity contribution in [3.8, 4) is 16.8 Å². The standard InChI is InChI=1S/C48H33NS2/c1-4-17-36(18-5-1)49-44-27-12-10-24-40(44)43-26-15-29-47(48(43)49)51(37-19-6-2-7-20-37,38-21-8-3-9-22-38)39-23-14-16-34(32-39)35-30-31-42-41-25-11-13-28-45(41)50-46(42)33-35/h1-33H. The average molecular weight is 688 g/mol. The zero-order chi connectivity index (χ0) is 33.8. The summed E-state index contributed by atoms with van der Waals surface area (Å²) in [6.45, 7) is 0. The molecule has 3 heteroatoms. The fourth-order valence-corrected chi connectivity index (χ4v) is 13.1. The van der Waals surface area contributed by atoms with Crippen molar-refractivity contribution < 1.29 is 0 Å². The maximum absolute atomic E-state index is 2.49. The van der Waals surface area contributed by atoms with Gasteiger partial charge < -0.3 is 4.57 Å². The highest BCUT2D eigenvalue weighted by atomic mass is 32.3. The van der Waals surface area contributed by atoms with Crippen molar-refractivity contribution in [2.24, 2.45) is 0 Å². The second-order valence-electron chi connectivity index (χ2n) is 12.9. The van der Waals surface area contributed by atoms with Crippen LogP contribution in [0.3, 0.4) is 0 Å². The summed E-state index contributed by atoms with van der Waals surface area (Å²) in [5.74, 6) is 0. The first-order valence-corrected chi connectivity index (χ1v) is 19.8. The second-order valence-corrected chi connectivity index (χ2v) is 17.1. The summed E-state index contributed by atoms with van der Waals surface area (Å²) in [7, 11) is -2.03. The number of fused-ring (bicyclic) bond motifs is 6. The van der Waals surface area contributed by atoms with Gasteiger partial charge in [0, 0.05) is 56.2 Å². The van der Waals surface area contributed by atoms with E-state index in [1.54, 1.807) is 0 Å². The summed E-state index contributed by atoms with van der Waals surface area (Å²) in [5, 5.41) is 5.18. The van der Waals surface area contributed by atoms with Gasteiger partial charge in [0.15, 0.2) is 0 Å². The van der Waals surface area contributed by atoms with Crippen LogP contribution in [0.25, 0.3) is 58.8 Å². The molecular weight excluding hydrogens is 655 g/mol. The molecule has 0 unspecified atom stereocenters. The Balaban J connectivity index is 1.32. The number of rotatable bonds is 6. The Labute approximate surface area is 303 Å². The summed E-state index contributed by atoms with van der Waals surface area (Å²) in [4.78, 5) is 5.26. The highest BCUT2D eigenvalue weighted by molar-refractivity contribution is 8.34. The van der Waals surface area contributed by atoms with Gasteiger partial charge in [-0.3, -0.25) is 0 Å². The van der Waals surface area contributed by atoms with Crippen LogP contribution >= 0.6 is 21.4 Å². The Hall–Kier alpha value is -5.87. The number of nitrogens with zero attached hydrogens (tertiary/aromatic N) is 1. The van der Waals surface area contributed by atoms with Gasteiger partial charge in [-0.2, -0.15) is 0 Å². The molecular formula is C48H33NS2. The highest BCUT2D eigenvalue weighted by Crippen LogP contribution is 2.75. The summed E-state index contributed by atoms with van der Waals surface area (Å²) in [6.07, 6.45) is 0. The van der Waals surface area contributed by atoms with Crippen molar-refractivity contribution >= 4 is 63.3 Å². The summed E-state index contributed by atoms with van der Waals surface area (Å²) < 4.78 is 5.14. The van der Waals surface area contributed by atoms with E-state index in [4.69, 9.17) is 0 Å². The van der Waals surface area contributed by atoms with Crippen LogP contribution in [0.2, 0.25) is 0 Å². The van der Waals surface area contributed by atoms with Gasteiger partial charge in [0.1, 0.15) is 0 Å². The number of aromatic nitrogens is 1. The van der Waals surface area contributed by atoms with Crippen LogP contribution in [0.4, 0.5) is 0 Å². The Morgan fingerprint density at radius 3 is 1.71 bits per heavy atom. The molecule has 2 aromatic heterocycles. The highest BCUT2D eigenvalue weighted by Gasteiger charge is 2.36. The van der Waals surface area contributed by atoms with E-state index < -0.39 is 10.0 Å². The minimum Gasteiger partial charge on any atom is -0.308 e. The molecule has 0 saturated carbocycles. The monoisotopic (exact) mass is 687 g/mol. The normalized spacial score (nSPS) is 12.2. The Bertz CT molecular complexity index is 2810. The van der Waals surface area contributed by atoms with E-state index in [9.17, 15) is 0 Å². The lowest BCUT2D eigenvalue weighted by Crippen LogP contribution is -2.07. The predicted molar refractivity (Wildman–Crippen MR) is 219 cm³/mol.